The summed E-state index contributed by atoms with van der Waals surface area (Å²) in [5.41, 5.74) is 1.50. The molecule has 1 fully saturated rings. The van der Waals surface area contributed by atoms with E-state index in [2.05, 4.69) is 5.92 Å². The maximum atomic E-state index is 10.3. The van der Waals surface area contributed by atoms with Gasteiger partial charge in [0.25, 0.3) is 0 Å². The standard InChI is InChI=1S/C11H14O2.C10H8O2/c12-7-10-2-1-3-11(6-10)13-8-9-4-5-9;1-2-6-12-10-5-3-4-9(7-10)8-11/h1-3,6,9,12H,4-5,7-8H2;1,3-5,7-8H,6H2. The van der Waals surface area contributed by atoms with Crippen molar-refractivity contribution < 1.29 is 19.4 Å². The molecule has 130 valence electrons. The summed E-state index contributed by atoms with van der Waals surface area (Å²) >= 11 is 0. The van der Waals surface area contributed by atoms with Gasteiger partial charge in [-0.15, -0.1) is 6.42 Å². The number of rotatable bonds is 7. The molecule has 4 nitrogen and oxygen atoms in total. The summed E-state index contributed by atoms with van der Waals surface area (Å²) in [7, 11) is 0. The van der Waals surface area contributed by atoms with E-state index in [9.17, 15) is 4.79 Å². The lowest BCUT2D eigenvalue weighted by atomic mass is 10.2. The van der Waals surface area contributed by atoms with E-state index in [-0.39, 0.29) is 13.2 Å². The topological polar surface area (TPSA) is 55.8 Å². The summed E-state index contributed by atoms with van der Waals surface area (Å²) in [6.45, 7) is 1.14. The highest BCUT2D eigenvalue weighted by molar-refractivity contribution is 5.75. The number of hydrogen-bond donors (Lipinski definition) is 1. The zero-order chi connectivity index (χ0) is 17.9. The minimum absolute atomic E-state index is 0.0840. The molecule has 2 aromatic carbocycles. The highest BCUT2D eigenvalue weighted by Gasteiger charge is 2.21. The fourth-order valence-corrected chi connectivity index (χ4v) is 2.03. The molecule has 1 aliphatic rings. The van der Waals surface area contributed by atoms with Gasteiger partial charge in [-0.1, -0.05) is 30.2 Å². The van der Waals surface area contributed by atoms with Crippen molar-refractivity contribution in [1.29, 1.82) is 0 Å². The first-order chi connectivity index (χ1) is 12.2. The van der Waals surface area contributed by atoms with Crippen molar-refractivity contribution in [3.05, 3.63) is 59.7 Å². The Kier molecular flexibility index (Phi) is 7.55. The lowest BCUT2D eigenvalue weighted by Crippen LogP contribution is -1.99. The van der Waals surface area contributed by atoms with Crippen LogP contribution in [0.15, 0.2) is 48.5 Å². The second kappa shape index (κ2) is 10.2. The molecule has 0 bridgehead atoms. The largest absolute Gasteiger partial charge is 0.493 e. The second-order valence-corrected chi connectivity index (χ2v) is 5.74. The van der Waals surface area contributed by atoms with Gasteiger partial charge in [-0.05, 0) is 48.6 Å². The Hall–Kier alpha value is -2.77. The molecule has 0 amide bonds. The molecule has 0 aliphatic heterocycles. The van der Waals surface area contributed by atoms with E-state index >= 15 is 0 Å². The Morgan fingerprint density at radius 3 is 2.48 bits per heavy atom. The summed E-state index contributed by atoms with van der Waals surface area (Å²) < 4.78 is 10.7. The molecule has 1 saturated carbocycles. The average Bonchev–Trinajstić information content (AvgIpc) is 3.50. The van der Waals surface area contributed by atoms with Crippen molar-refractivity contribution in [3.63, 3.8) is 0 Å². The fraction of sp³-hybridized carbons (Fsp3) is 0.286. The van der Waals surface area contributed by atoms with Gasteiger partial charge in [-0.3, -0.25) is 4.79 Å². The second-order valence-electron chi connectivity index (χ2n) is 5.74. The summed E-state index contributed by atoms with van der Waals surface area (Å²) in [5, 5.41) is 8.90. The number of aldehydes is 1. The molecule has 0 unspecified atom stereocenters. The molecular formula is C21H22O4. The van der Waals surface area contributed by atoms with Gasteiger partial charge in [0.05, 0.1) is 13.2 Å². The van der Waals surface area contributed by atoms with Gasteiger partial charge >= 0.3 is 0 Å². The number of ether oxygens (including phenoxy) is 2. The molecular weight excluding hydrogens is 316 g/mol. The number of benzene rings is 2. The molecule has 0 heterocycles. The van der Waals surface area contributed by atoms with Gasteiger partial charge in [0, 0.05) is 5.56 Å². The van der Waals surface area contributed by atoms with Crippen molar-refractivity contribution in [2.24, 2.45) is 5.92 Å². The molecule has 0 atom stereocenters. The monoisotopic (exact) mass is 338 g/mol. The lowest BCUT2D eigenvalue weighted by molar-refractivity contribution is 0.112. The smallest absolute Gasteiger partial charge is 0.150 e. The third-order valence-corrected chi connectivity index (χ3v) is 3.58. The Morgan fingerprint density at radius 2 is 1.84 bits per heavy atom. The minimum atomic E-state index is 0.0840. The van der Waals surface area contributed by atoms with Crippen molar-refractivity contribution in [2.45, 2.75) is 19.4 Å². The molecule has 1 N–H and O–H groups in total. The highest BCUT2D eigenvalue weighted by atomic mass is 16.5. The summed E-state index contributed by atoms with van der Waals surface area (Å²) in [6.07, 6.45) is 8.38. The van der Waals surface area contributed by atoms with Crippen LogP contribution in [-0.4, -0.2) is 24.6 Å². The predicted octanol–water partition coefficient (Wildman–Crippen LogP) is 3.48. The number of aliphatic hydroxyl groups excluding tert-OH is 1. The zero-order valence-electron chi connectivity index (χ0n) is 14.1. The first-order valence-electron chi connectivity index (χ1n) is 8.19. The van der Waals surface area contributed by atoms with Crippen LogP contribution in [0, 0.1) is 18.3 Å². The fourth-order valence-electron chi connectivity index (χ4n) is 2.03. The molecule has 2 aromatic rings. The highest BCUT2D eigenvalue weighted by Crippen LogP contribution is 2.29. The number of terminal acetylenes is 1. The van der Waals surface area contributed by atoms with Crippen molar-refractivity contribution in [2.75, 3.05) is 13.2 Å². The van der Waals surface area contributed by atoms with E-state index in [4.69, 9.17) is 21.0 Å². The van der Waals surface area contributed by atoms with Crippen LogP contribution in [0.4, 0.5) is 0 Å². The van der Waals surface area contributed by atoms with Gasteiger partial charge in [0.15, 0.2) is 0 Å². The van der Waals surface area contributed by atoms with Crippen LogP contribution in [0.5, 0.6) is 11.5 Å². The van der Waals surface area contributed by atoms with E-state index in [1.807, 2.05) is 24.3 Å². The van der Waals surface area contributed by atoms with Crippen LogP contribution < -0.4 is 9.47 Å². The van der Waals surface area contributed by atoms with E-state index in [1.54, 1.807) is 24.3 Å². The van der Waals surface area contributed by atoms with Crippen LogP contribution in [0.3, 0.4) is 0 Å². The van der Waals surface area contributed by atoms with Crippen molar-refractivity contribution in [1.82, 2.24) is 0 Å². The molecule has 0 saturated heterocycles. The third kappa shape index (κ3) is 7.11. The SMILES string of the molecule is C#CCOc1cccc(C=O)c1.OCc1cccc(OCC2CC2)c1. The molecule has 4 heteroatoms. The molecule has 0 spiro atoms. The first-order valence-corrected chi connectivity index (χ1v) is 8.19. The first kappa shape index (κ1) is 18.6. The molecule has 3 rings (SSSR count). The normalized spacial score (nSPS) is 12.3. The van der Waals surface area contributed by atoms with Crippen molar-refractivity contribution >= 4 is 6.29 Å². The Labute approximate surface area is 148 Å². The Morgan fingerprint density at radius 1 is 1.12 bits per heavy atom. The molecule has 0 radical (unpaired) electrons. The minimum Gasteiger partial charge on any atom is -0.493 e. The predicted molar refractivity (Wildman–Crippen MR) is 96.7 cm³/mol. The summed E-state index contributed by atoms with van der Waals surface area (Å²) in [5.74, 6) is 4.62. The molecule has 1 aliphatic carbocycles. The van der Waals surface area contributed by atoms with Gasteiger partial charge < -0.3 is 14.6 Å². The van der Waals surface area contributed by atoms with Crippen LogP contribution in [-0.2, 0) is 6.61 Å². The van der Waals surface area contributed by atoms with Crippen LogP contribution in [0.2, 0.25) is 0 Å². The number of carbonyl (C=O) groups excluding carboxylic acids is 1. The van der Waals surface area contributed by atoms with Gasteiger partial charge in [0.2, 0.25) is 0 Å². The number of hydrogen-bond acceptors (Lipinski definition) is 4. The molecule has 0 aromatic heterocycles. The van der Waals surface area contributed by atoms with E-state index in [0.717, 1.165) is 30.1 Å². The third-order valence-electron chi connectivity index (χ3n) is 3.58. The van der Waals surface area contributed by atoms with Crippen LogP contribution >= 0.6 is 0 Å². The molecule has 25 heavy (non-hydrogen) atoms. The van der Waals surface area contributed by atoms with E-state index in [0.29, 0.717) is 11.3 Å². The average molecular weight is 338 g/mol. The number of aliphatic hydroxyl groups is 1. The van der Waals surface area contributed by atoms with Crippen molar-refractivity contribution in [3.8, 4) is 23.8 Å². The van der Waals surface area contributed by atoms with E-state index in [1.165, 1.54) is 12.8 Å². The van der Waals surface area contributed by atoms with E-state index < -0.39 is 0 Å². The quantitative estimate of drug-likeness (QED) is 0.620. The zero-order valence-corrected chi connectivity index (χ0v) is 14.1. The maximum Gasteiger partial charge on any atom is 0.150 e. The number of carbonyl (C=O) groups is 1. The maximum absolute atomic E-state index is 10.3. The summed E-state index contributed by atoms with van der Waals surface area (Å²) in [6, 6.07) is 14.5. The lowest BCUT2D eigenvalue weighted by Gasteiger charge is -2.05. The van der Waals surface area contributed by atoms with Crippen LogP contribution in [0.1, 0.15) is 28.8 Å². The van der Waals surface area contributed by atoms with Gasteiger partial charge in [-0.2, -0.15) is 0 Å². The van der Waals surface area contributed by atoms with Gasteiger partial charge in [-0.25, -0.2) is 0 Å². The van der Waals surface area contributed by atoms with Crippen LogP contribution in [0.25, 0.3) is 0 Å². The Balaban J connectivity index is 0.000000181. The Bertz CT molecular complexity index is 714. The van der Waals surface area contributed by atoms with Gasteiger partial charge in [0.1, 0.15) is 24.4 Å². The summed E-state index contributed by atoms with van der Waals surface area (Å²) in [4.78, 5) is 10.3.